The van der Waals surface area contributed by atoms with Crippen molar-refractivity contribution in [3.8, 4) is 5.75 Å². The van der Waals surface area contributed by atoms with Crippen molar-refractivity contribution in [1.29, 1.82) is 0 Å². The van der Waals surface area contributed by atoms with Crippen LogP contribution < -0.4 is 4.74 Å². The van der Waals surface area contributed by atoms with Gasteiger partial charge in [-0.05, 0) is 12.1 Å². The molecule has 0 unspecified atom stereocenters. The lowest BCUT2D eigenvalue weighted by atomic mass is 10.2. The van der Waals surface area contributed by atoms with Crippen molar-refractivity contribution >= 4 is 12.0 Å². The largest absolute Gasteiger partial charge is 0.482 e. The minimum absolute atomic E-state index is 0.0650. The first-order chi connectivity index (χ1) is 9.16. The van der Waals surface area contributed by atoms with Gasteiger partial charge in [-0.25, -0.2) is 9.18 Å². The summed E-state index contributed by atoms with van der Waals surface area (Å²) in [4.78, 5) is 14.2. The number of aliphatic carboxylic acids is 1. The average Bonchev–Trinajstić information content (AvgIpc) is 2.88. The van der Waals surface area contributed by atoms with Crippen LogP contribution in [0.5, 0.6) is 5.75 Å². The Bertz CT molecular complexity index is 596. The van der Waals surface area contributed by atoms with Gasteiger partial charge in [0.1, 0.15) is 0 Å². The molecule has 0 aliphatic heterocycles. The summed E-state index contributed by atoms with van der Waals surface area (Å²) in [6, 6.07) is 4.20. The molecule has 98 valence electrons. The SMILES string of the molecule is O=C(O)/C=C/c1cccc(F)c1OCc1ncon1. The number of nitrogens with zero attached hydrogens (tertiary/aromatic N) is 2. The normalized spacial score (nSPS) is 10.8. The maximum absolute atomic E-state index is 13.6. The van der Waals surface area contributed by atoms with E-state index in [1.54, 1.807) is 0 Å². The highest BCUT2D eigenvalue weighted by Crippen LogP contribution is 2.24. The monoisotopic (exact) mass is 264 g/mol. The van der Waals surface area contributed by atoms with Gasteiger partial charge in [-0.3, -0.25) is 0 Å². The molecular formula is C12H9FN2O4. The molecule has 0 radical (unpaired) electrons. The number of carboxylic acid groups (broad SMARTS) is 1. The molecule has 1 aromatic heterocycles. The second kappa shape index (κ2) is 5.76. The minimum Gasteiger partial charge on any atom is -0.482 e. The van der Waals surface area contributed by atoms with Gasteiger partial charge in [0, 0.05) is 11.6 Å². The number of carbonyl (C=O) groups is 1. The Morgan fingerprint density at radius 3 is 3.05 bits per heavy atom. The zero-order valence-electron chi connectivity index (χ0n) is 9.62. The number of carboxylic acids is 1. The summed E-state index contributed by atoms with van der Waals surface area (Å²) in [5.41, 5.74) is 0.311. The first-order valence-corrected chi connectivity index (χ1v) is 5.24. The number of aromatic nitrogens is 2. The summed E-state index contributed by atoms with van der Waals surface area (Å²) >= 11 is 0. The Labute approximate surface area is 107 Å². The number of halogens is 1. The van der Waals surface area contributed by atoms with Crippen molar-refractivity contribution in [2.24, 2.45) is 0 Å². The van der Waals surface area contributed by atoms with Crippen LogP contribution in [0.4, 0.5) is 4.39 Å². The van der Waals surface area contributed by atoms with Gasteiger partial charge in [-0.15, -0.1) is 0 Å². The van der Waals surface area contributed by atoms with Gasteiger partial charge < -0.3 is 14.4 Å². The topological polar surface area (TPSA) is 85.5 Å². The molecule has 0 atom stereocenters. The van der Waals surface area contributed by atoms with E-state index >= 15 is 0 Å². The molecule has 0 amide bonds. The lowest BCUT2D eigenvalue weighted by Gasteiger charge is -2.08. The maximum atomic E-state index is 13.6. The summed E-state index contributed by atoms with van der Waals surface area (Å²) in [5, 5.41) is 12.1. The third-order valence-corrected chi connectivity index (χ3v) is 2.16. The zero-order chi connectivity index (χ0) is 13.7. The molecule has 19 heavy (non-hydrogen) atoms. The first kappa shape index (κ1) is 12.7. The van der Waals surface area contributed by atoms with E-state index in [2.05, 4.69) is 14.7 Å². The molecule has 0 fully saturated rings. The molecule has 6 nitrogen and oxygen atoms in total. The Hall–Kier alpha value is -2.70. The van der Waals surface area contributed by atoms with Gasteiger partial charge in [0.15, 0.2) is 18.2 Å². The smallest absolute Gasteiger partial charge is 0.328 e. The fourth-order valence-corrected chi connectivity index (χ4v) is 1.36. The van der Waals surface area contributed by atoms with Crippen LogP contribution in [-0.4, -0.2) is 21.2 Å². The van der Waals surface area contributed by atoms with E-state index in [4.69, 9.17) is 9.84 Å². The number of benzene rings is 1. The molecule has 1 heterocycles. The Balaban J connectivity index is 2.20. The van der Waals surface area contributed by atoms with Crippen LogP contribution in [0.1, 0.15) is 11.4 Å². The average molecular weight is 264 g/mol. The molecule has 2 aromatic rings. The van der Waals surface area contributed by atoms with E-state index in [1.165, 1.54) is 24.3 Å². The fourth-order valence-electron chi connectivity index (χ4n) is 1.36. The van der Waals surface area contributed by atoms with Gasteiger partial charge in [0.05, 0.1) is 0 Å². The summed E-state index contributed by atoms with van der Waals surface area (Å²) in [5.74, 6) is -1.54. The molecule has 0 saturated carbocycles. The highest BCUT2D eigenvalue weighted by Gasteiger charge is 2.09. The van der Waals surface area contributed by atoms with Gasteiger partial charge in [0.2, 0.25) is 12.2 Å². The molecule has 0 spiro atoms. The number of ether oxygens (including phenoxy) is 1. The van der Waals surface area contributed by atoms with Crippen LogP contribution >= 0.6 is 0 Å². The third-order valence-electron chi connectivity index (χ3n) is 2.16. The summed E-state index contributed by atoms with van der Waals surface area (Å²) < 4.78 is 23.4. The van der Waals surface area contributed by atoms with Gasteiger partial charge >= 0.3 is 5.97 Å². The van der Waals surface area contributed by atoms with E-state index in [0.29, 0.717) is 5.56 Å². The highest BCUT2D eigenvalue weighted by molar-refractivity contribution is 5.85. The van der Waals surface area contributed by atoms with Crippen LogP contribution in [0.15, 0.2) is 35.2 Å². The Kier molecular flexibility index (Phi) is 3.87. The standard InChI is InChI=1S/C12H9FN2O4/c13-9-3-1-2-8(4-5-11(16)17)12(9)18-6-10-14-7-19-15-10/h1-5,7H,6H2,(H,16,17)/b5-4+. The van der Waals surface area contributed by atoms with Crippen molar-refractivity contribution in [1.82, 2.24) is 10.1 Å². The Morgan fingerprint density at radius 1 is 1.53 bits per heavy atom. The second-order valence-electron chi connectivity index (χ2n) is 3.47. The molecule has 0 bridgehead atoms. The molecule has 1 N–H and O–H groups in total. The summed E-state index contributed by atoms with van der Waals surface area (Å²) in [7, 11) is 0. The predicted molar refractivity (Wildman–Crippen MR) is 61.7 cm³/mol. The highest BCUT2D eigenvalue weighted by atomic mass is 19.1. The van der Waals surface area contributed by atoms with E-state index in [1.807, 2.05) is 0 Å². The lowest BCUT2D eigenvalue weighted by Crippen LogP contribution is -2.01. The zero-order valence-corrected chi connectivity index (χ0v) is 9.62. The van der Waals surface area contributed by atoms with E-state index in [-0.39, 0.29) is 18.2 Å². The third kappa shape index (κ3) is 3.38. The number of hydrogen-bond acceptors (Lipinski definition) is 5. The van der Waals surface area contributed by atoms with E-state index in [9.17, 15) is 9.18 Å². The van der Waals surface area contributed by atoms with Crippen LogP contribution in [0.2, 0.25) is 0 Å². The maximum Gasteiger partial charge on any atom is 0.328 e. The Morgan fingerprint density at radius 2 is 2.37 bits per heavy atom. The van der Waals surface area contributed by atoms with Crippen LogP contribution in [-0.2, 0) is 11.4 Å². The van der Waals surface area contributed by atoms with Gasteiger partial charge in [-0.1, -0.05) is 17.3 Å². The lowest BCUT2D eigenvalue weighted by molar-refractivity contribution is -0.131. The van der Waals surface area contributed by atoms with Crippen molar-refractivity contribution < 1.29 is 23.6 Å². The van der Waals surface area contributed by atoms with Crippen molar-refractivity contribution in [2.45, 2.75) is 6.61 Å². The van der Waals surface area contributed by atoms with Gasteiger partial charge in [0.25, 0.3) is 0 Å². The van der Waals surface area contributed by atoms with Crippen LogP contribution in [0, 0.1) is 5.82 Å². The first-order valence-electron chi connectivity index (χ1n) is 5.24. The second-order valence-corrected chi connectivity index (χ2v) is 3.47. The minimum atomic E-state index is -1.13. The summed E-state index contributed by atoms with van der Waals surface area (Å²) in [6.07, 6.45) is 3.28. The molecule has 2 rings (SSSR count). The molecular weight excluding hydrogens is 255 g/mol. The predicted octanol–water partition coefficient (Wildman–Crippen LogP) is 1.89. The van der Waals surface area contributed by atoms with Crippen LogP contribution in [0.3, 0.4) is 0 Å². The number of hydrogen-bond donors (Lipinski definition) is 1. The van der Waals surface area contributed by atoms with Gasteiger partial charge in [-0.2, -0.15) is 4.98 Å². The van der Waals surface area contributed by atoms with Crippen molar-refractivity contribution in [3.05, 3.63) is 47.9 Å². The summed E-state index contributed by atoms with van der Waals surface area (Å²) in [6.45, 7) is -0.0780. The van der Waals surface area contributed by atoms with Crippen molar-refractivity contribution in [3.63, 3.8) is 0 Å². The molecule has 1 aromatic carbocycles. The quantitative estimate of drug-likeness (QED) is 0.830. The molecule has 0 saturated heterocycles. The number of rotatable bonds is 5. The fraction of sp³-hybridized carbons (Fsp3) is 0.0833. The molecule has 7 heteroatoms. The number of para-hydroxylation sites is 1. The van der Waals surface area contributed by atoms with Crippen molar-refractivity contribution in [2.75, 3.05) is 0 Å². The molecule has 0 aliphatic rings. The van der Waals surface area contributed by atoms with E-state index in [0.717, 1.165) is 12.5 Å². The molecule has 0 aliphatic carbocycles. The van der Waals surface area contributed by atoms with E-state index < -0.39 is 11.8 Å². The van der Waals surface area contributed by atoms with Crippen LogP contribution in [0.25, 0.3) is 6.08 Å².